The number of benzene rings is 2. The van der Waals surface area contributed by atoms with Crippen molar-refractivity contribution in [2.24, 2.45) is 0 Å². The summed E-state index contributed by atoms with van der Waals surface area (Å²) < 4.78 is 6.26. The molecular weight excluding hydrogens is 435 g/mol. The largest absolute Gasteiger partial charge is 0.415 e. The quantitative estimate of drug-likeness (QED) is 0.274. The Kier molecular flexibility index (Phi) is 9.60. The SMILES string of the molecule is CCc1c[c-]c(-c2c(C)cc(NCCO[Si](C)(C)C(C)(C)C)cc2C)cc1.[Y]. The molecule has 0 spiro atoms. The molecule has 2 aromatic carbocycles. The molecule has 0 unspecified atom stereocenters. The smallest absolute Gasteiger partial charge is 0.192 e. The van der Waals surface area contributed by atoms with Crippen molar-refractivity contribution in [2.45, 2.75) is 66.1 Å². The summed E-state index contributed by atoms with van der Waals surface area (Å²) in [5.41, 5.74) is 7.52. The van der Waals surface area contributed by atoms with E-state index in [1.54, 1.807) is 0 Å². The Balaban J connectivity index is 0.00000392. The van der Waals surface area contributed by atoms with E-state index in [0.717, 1.165) is 25.3 Å². The van der Waals surface area contributed by atoms with Crippen molar-refractivity contribution >= 4 is 14.0 Å². The van der Waals surface area contributed by atoms with Gasteiger partial charge in [-0.25, -0.2) is 0 Å². The van der Waals surface area contributed by atoms with E-state index in [2.05, 4.69) is 96.4 Å². The summed E-state index contributed by atoms with van der Waals surface area (Å²) >= 11 is 0. The van der Waals surface area contributed by atoms with Crippen LogP contribution in [-0.4, -0.2) is 21.5 Å². The molecule has 0 aliphatic carbocycles. The fraction of sp³-hybridized carbons (Fsp3) is 0.500. The van der Waals surface area contributed by atoms with Gasteiger partial charge in [-0.2, -0.15) is 0 Å². The van der Waals surface area contributed by atoms with Gasteiger partial charge in [0, 0.05) is 44.9 Å². The second kappa shape index (κ2) is 10.5. The molecule has 28 heavy (non-hydrogen) atoms. The molecule has 4 heteroatoms. The second-order valence-corrected chi connectivity index (χ2v) is 13.8. The molecule has 2 aromatic rings. The molecule has 0 aliphatic heterocycles. The molecule has 151 valence electrons. The van der Waals surface area contributed by atoms with Crippen molar-refractivity contribution in [2.75, 3.05) is 18.5 Å². The third-order valence-corrected chi connectivity index (χ3v) is 10.3. The van der Waals surface area contributed by atoms with Crippen LogP contribution in [0.3, 0.4) is 0 Å². The van der Waals surface area contributed by atoms with Crippen LogP contribution in [0.1, 0.15) is 44.4 Å². The topological polar surface area (TPSA) is 21.3 Å². The Morgan fingerprint density at radius 3 is 2.14 bits per heavy atom. The Bertz CT molecular complexity index is 740. The summed E-state index contributed by atoms with van der Waals surface area (Å²) in [5, 5.41) is 3.79. The van der Waals surface area contributed by atoms with Crippen LogP contribution in [-0.2, 0) is 43.6 Å². The van der Waals surface area contributed by atoms with Gasteiger partial charge >= 0.3 is 0 Å². The van der Waals surface area contributed by atoms with Crippen molar-refractivity contribution in [1.82, 2.24) is 0 Å². The van der Waals surface area contributed by atoms with Gasteiger partial charge in [0.2, 0.25) is 0 Å². The van der Waals surface area contributed by atoms with Crippen molar-refractivity contribution in [1.29, 1.82) is 0 Å². The number of anilines is 1. The van der Waals surface area contributed by atoms with Gasteiger partial charge in [-0.3, -0.25) is 0 Å². The van der Waals surface area contributed by atoms with Gasteiger partial charge in [0.25, 0.3) is 0 Å². The summed E-state index contributed by atoms with van der Waals surface area (Å²) in [6.45, 7) is 19.6. The van der Waals surface area contributed by atoms with Crippen LogP contribution >= 0.6 is 0 Å². The molecule has 0 saturated carbocycles. The molecule has 0 atom stereocenters. The number of nitrogens with one attached hydrogen (secondary N) is 1. The predicted octanol–water partition coefficient (Wildman–Crippen LogP) is 6.76. The van der Waals surface area contributed by atoms with Crippen LogP contribution in [0, 0.1) is 19.9 Å². The molecular formula is C24H36NOSiY-. The second-order valence-electron chi connectivity index (χ2n) is 8.98. The van der Waals surface area contributed by atoms with Gasteiger partial charge in [-0.15, -0.1) is 35.4 Å². The van der Waals surface area contributed by atoms with Crippen molar-refractivity contribution in [3.63, 3.8) is 0 Å². The normalized spacial score (nSPS) is 11.9. The van der Waals surface area contributed by atoms with E-state index < -0.39 is 8.32 Å². The Morgan fingerprint density at radius 2 is 1.68 bits per heavy atom. The monoisotopic (exact) mass is 471 g/mol. The minimum absolute atomic E-state index is 0. The first kappa shape index (κ1) is 25.6. The van der Waals surface area contributed by atoms with Gasteiger partial charge in [-0.1, -0.05) is 50.8 Å². The standard InChI is InChI=1S/C24H36NOSi.Y/c1-9-20-10-12-21(13-11-20)23-18(2)16-22(17-19(23)3)25-14-15-26-27(7,8)24(4,5)6;/h10-12,16-17,25H,9,14-15H2,1-8H3;/q-1;. The molecule has 0 saturated heterocycles. The van der Waals surface area contributed by atoms with Crippen LogP contribution in [0.5, 0.6) is 0 Å². The fourth-order valence-electron chi connectivity index (χ4n) is 3.04. The third-order valence-electron chi connectivity index (χ3n) is 5.79. The van der Waals surface area contributed by atoms with E-state index in [0.29, 0.717) is 0 Å². The summed E-state index contributed by atoms with van der Waals surface area (Å²) in [7, 11) is -1.67. The number of rotatable bonds is 7. The fourth-order valence-corrected chi connectivity index (χ4v) is 4.09. The van der Waals surface area contributed by atoms with E-state index in [1.807, 2.05) is 0 Å². The molecule has 0 bridgehead atoms. The molecule has 1 N–H and O–H groups in total. The summed E-state index contributed by atoms with van der Waals surface area (Å²) in [4.78, 5) is 0. The zero-order valence-electron chi connectivity index (χ0n) is 19.0. The van der Waals surface area contributed by atoms with E-state index in [9.17, 15) is 0 Å². The summed E-state index contributed by atoms with van der Waals surface area (Å²) in [6.07, 6.45) is 1.05. The molecule has 0 fully saturated rings. The first-order chi connectivity index (χ1) is 12.5. The van der Waals surface area contributed by atoms with E-state index >= 15 is 0 Å². The summed E-state index contributed by atoms with van der Waals surface area (Å²) in [5.74, 6) is 0. The maximum absolute atomic E-state index is 6.26. The predicted molar refractivity (Wildman–Crippen MR) is 121 cm³/mol. The Morgan fingerprint density at radius 1 is 1.07 bits per heavy atom. The van der Waals surface area contributed by atoms with Crippen molar-refractivity contribution in [3.8, 4) is 11.1 Å². The van der Waals surface area contributed by atoms with Gasteiger partial charge in [0.15, 0.2) is 8.32 Å². The van der Waals surface area contributed by atoms with E-state index in [1.165, 1.54) is 27.8 Å². The van der Waals surface area contributed by atoms with Gasteiger partial charge in [0.1, 0.15) is 0 Å². The third kappa shape index (κ3) is 6.52. The molecule has 0 aliphatic rings. The molecule has 1 radical (unpaired) electrons. The van der Waals surface area contributed by atoms with Crippen LogP contribution in [0.25, 0.3) is 11.1 Å². The first-order valence-electron chi connectivity index (χ1n) is 10.0. The maximum Gasteiger partial charge on any atom is 0.192 e. The molecule has 0 aromatic heterocycles. The zero-order valence-corrected chi connectivity index (χ0v) is 22.8. The van der Waals surface area contributed by atoms with Crippen LogP contribution in [0.4, 0.5) is 5.69 Å². The van der Waals surface area contributed by atoms with Crippen LogP contribution < -0.4 is 5.32 Å². The molecule has 2 rings (SSSR count). The zero-order chi connectivity index (χ0) is 20.2. The molecule has 0 heterocycles. The minimum Gasteiger partial charge on any atom is -0.415 e. The van der Waals surface area contributed by atoms with Crippen LogP contribution in [0.2, 0.25) is 18.1 Å². The van der Waals surface area contributed by atoms with E-state index in [-0.39, 0.29) is 37.7 Å². The first-order valence-corrected chi connectivity index (χ1v) is 13.0. The molecule has 0 amide bonds. The average Bonchev–Trinajstić information content (AvgIpc) is 2.58. The maximum atomic E-state index is 6.26. The van der Waals surface area contributed by atoms with Gasteiger partial charge < -0.3 is 9.74 Å². The molecule has 2 nitrogen and oxygen atoms in total. The average molecular weight is 472 g/mol. The number of hydrogen-bond acceptors (Lipinski definition) is 2. The number of aryl methyl sites for hydroxylation is 3. The van der Waals surface area contributed by atoms with Gasteiger partial charge in [0.05, 0.1) is 6.61 Å². The van der Waals surface area contributed by atoms with Crippen molar-refractivity contribution in [3.05, 3.63) is 53.1 Å². The number of hydrogen-bond donors (Lipinski definition) is 1. The Hall–Kier alpha value is -0.479. The van der Waals surface area contributed by atoms with Gasteiger partial charge in [-0.05, 0) is 44.1 Å². The van der Waals surface area contributed by atoms with Crippen molar-refractivity contribution < 1.29 is 37.1 Å². The van der Waals surface area contributed by atoms with E-state index in [4.69, 9.17) is 4.43 Å². The Labute approximate surface area is 198 Å². The van der Waals surface area contributed by atoms with Crippen LogP contribution in [0.15, 0.2) is 30.3 Å². The minimum atomic E-state index is -1.67. The summed E-state index contributed by atoms with van der Waals surface area (Å²) in [6, 6.07) is 14.4.